The third-order valence-electron chi connectivity index (χ3n) is 3.84. The SMILES string of the molecule is CCC1(CNc2nc[nH]c(=O)c2I)CCCC1. The second kappa shape index (κ2) is 5.37. The van der Waals surface area contributed by atoms with Crippen LogP contribution in [0.2, 0.25) is 0 Å². The monoisotopic (exact) mass is 347 g/mol. The zero-order chi connectivity index (χ0) is 12.3. The smallest absolute Gasteiger partial charge is 0.266 e. The molecule has 1 aliphatic carbocycles. The molecule has 0 unspecified atom stereocenters. The van der Waals surface area contributed by atoms with E-state index in [1.165, 1.54) is 38.4 Å². The van der Waals surface area contributed by atoms with Crippen molar-refractivity contribution in [1.82, 2.24) is 9.97 Å². The molecule has 2 N–H and O–H groups in total. The molecule has 17 heavy (non-hydrogen) atoms. The third-order valence-corrected chi connectivity index (χ3v) is 4.84. The van der Waals surface area contributed by atoms with Gasteiger partial charge >= 0.3 is 0 Å². The lowest BCUT2D eigenvalue weighted by molar-refractivity contribution is 0.306. The van der Waals surface area contributed by atoms with Crippen molar-refractivity contribution in [1.29, 1.82) is 0 Å². The fourth-order valence-corrected chi connectivity index (χ4v) is 3.04. The van der Waals surface area contributed by atoms with Gasteiger partial charge in [-0.2, -0.15) is 0 Å². The van der Waals surface area contributed by atoms with Gasteiger partial charge in [0.2, 0.25) is 0 Å². The van der Waals surface area contributed by atoms with Gasteiger partial charge in [-0.25, -0.2) is 4.98 Å². The largest absolute Gasteiger partial charge is 0.368 e. The molecule has 94 valence electrons. The number of rotatable bonds is 4. The molecule has 1 heterocycles. The highest BCUT2D eigenvalue weighted by Crippen LogP contribution is 2.40. The van der Waals surface area contributed by atoms with Crippen molar-refractivity contribution in [2.24, 2.45) is 5.41 Å². The van der Waals surface area contributed by atoms with E-state index in [1.807, 2.05) is 22.6 Å². The molecule has 1 fully saturated rings. The molecule has 1 aromatic heterocycles. The zero-order valence-corrected chi connectivity index (χ0v) is 12.2. The van der Waals surface area contributed by atoms with Crippen molar-refractivity contribution in [3.05, 3.63) is 20.3 Å². The molecule has 5 heteroatoms. The molecule has 0 bridgehead atoms. The van der Waals surface area contributed by atoms with Gasteiger partial charge in [-0.3, -0.25) is 4.79 Å². The minimum atomic E-state index is -0.0694. The van der Waals surface area contributed by atoms with Crippen LogP contribution in [0.4, 0.5) is 5.82 Å². The van der Waals surface area contributed by atoms with E-state index in [4.69, 9.17) is 0 Å². The van der Waals surface area contributed by atoms with Crippen LogP contribution in [0.25, 0.3) is 0 Å². The molecule has 0 amide bonds. The zero-order valence-electron chi connectivity index (χ0n) is 10.1. The van der Waals surface area contributed by atoms with Gasteiger partial charge in [0, 0.05) is 6.54 Å². The quantitative estimate of drug-likeness (QED) is 0.824. The van der Waals surface area contributed by atoms with E-state index in [0.717, 1.165) is 6.54 Å². The predicted molar refractivity (Wildman–Crippen MR) is 77.3 cm³/mol. The lowest BCUT2D eigenvalue weighted by Crippen LogP contribution is -2.27. The Morgan fingerprint density at radius 3 is 2.88 bits per heavy atom. The Balaban J connectivity index is 2.06. The highest BCUT2D eigenvalue weighted by Gasteiger charge is 2.31. The molecule has 0 radical (unpaired) electrons. The lowest BCUT2D eigenvalue weighted by atomic mass is 9.83. The summed E-state index contributed by atoms with van der Waals surface area (Å²) in [6.07, 6.45) is 7.89. The maximum atomic E-state index is 11.4. The van der Waals surface area contributed by atoms with E-state index in [-0.39, 0.29) is 5.56 Å². The normalized spacial score (nSPS) is 18.2. The fraction of sp³-hybridized carbons (Fsp3) is 0.667. The predicted octanol–water partition coefficient (Wildman–Crippen LogP) is 2.76. The number of nitrogens with zero attached hydrogens (tertiary/aromatic N) is 1. The number of H-pyrrole nitrogens is 1. The summed E-state index contributed by atoms with van der Waals surface area (Å²) >= 11 is 2.04. The molecular formula is C12H18IN3O. The molecule has 2 rings (SSSR count). The van der Waals surface area contributed by atoms with Gasteiger partial charge in [0.05, 0.1) is 6.33 Å². The molecule has 0 saturated heterocycles. The van der Waals surface area contributed by atoms with Gasteiger partial charge < -0.3 is 10.3 Å². The highest BCUT2D eigenvalue weighted by atomic mass is 127. The van der Waals surface area contributed by atoms with Crippen LogP contribution in [0.3, 0.4) is 0 Å². The van der Waals surface area contributed by atoms with Crippen LogP contribution >= 0.6 is 22.6 Å². The Hall–Kier alpha value is -0.590. The van der Waals surface area contributed by atoms with Crippen LogP contribution in [0, 0.1) is 8.99 Å². The Bertz CT molecular complexity index is 438. The number of halogens is 1. The Morgan fingerprint density at radius 1 is 1.53 bits per heavy atom. The van der Waals surface area contributed by atoms with Crippen LogP contribution in [-0.4, -0.2) is 16.5 Å². The summed E-state index contributed by atoms with van der Waals surface area (Å²) in [6, 6.07) is 0. The summed E-state index contributed by atoms with van der Waals surface area (Å²) in [4.78, 5) is 18.2. The summed E-state index contributed by atoms with van der Waals surface area (Å²) in [5, 5.41) is 3.35. The standard InChI is InChI=1S/C12H18IN3O/c1-2-12(5-3-4-6-12)7-14-10-9(13)11(17)16-8-15-10/h8H,2-7H2,1H3,(H2,14,15,16,17). The van der Waals surface area contributed by atoms with Gasteiger partial charge in [-0.15, -0.1) is 0 Å². The van der Waals surface area contributed by atoms with E-state index < -0.39 is 0 Å². The van der Waals surface area contributed by atoms with Gasteiger partial charge in [0.1, 0.15) is 9.39 Å². The minimum Gasteiger partial charge on any atom is -0.368 e. The molecular weight excluding hydrogens is 329 g/mol. The summed E-state index contributed by atoms with van der Waals surface area (Å²) < 4.78 is 0.648. The number of nitrogens with one attached hydrogen (secondary N) is 2. The van der Waals surface area contributed by atoms with Crippen molar-refractivity contribution in [2.45, 2.75) is 39.0 Å². The molecule has 0 spiro atoms. The van der Waals surface area contributed by atoms with Gasteiger partial charge in [-0.1, -0.05) is 19.8 Å². The summed E-state index contributed by atoms with van der Waals surface area (Å²) in [5.74, 6) is 0.717. The van der Waals surface area contributed by atoms with Crippen molar-refractivity contribution >= 4 is 28.4 Å². The van der Waals surface area contributed by atoms with Gasteiger partial charge in [0.25, 0.3) is 5.56 Å². The van der Waals surface area contributed by atoms with Crippen molar-refractivity contribution in [3.8, 4) is 0 Å². The number of aromatic amines is 1. The van der Waals surface area contributed by atoms with Crippen LogP contribution in [0.15, 0.2) is 11.1 Å². The highest BCUT2D eigenvalue weighted by molar-refractivity contribution is 14.1. The molecule has 0 aliphatic heterocycles. The molecule has 1 aliphatic rings. The van der Waals surface area contributed by atoms with Crippen molar-refractivity contribution in [2.75, 3.05) is 11.9 Å². The lowest BCUT2D eigenvalue weighted by Gasteiger charge is -2.28. The molecule has 1 saturated carbocycles. The van der Waals surface area contributed by atoms with Crippen LogP contribution in [-0.2, 0) is 0 Å². The van der Waals surface area contributed by atoms with E-state index >= 15 is 0 Å². The average Bonchev–Trinajstić information content (AvgIpc) is 2.81. The fourth-order valence-electron chi connectivity index (χ4n) is 2.56. The Labute approximate surface area is 115 Å². The van der Waals surface area contributed by atoms with Gasteiger partial charge in [0.15, 0.2) is 0 Å². The first kappa shape index (κ1) is 12.9. The Kier molecular flexibility index (Phi) is 4.06. The van der Waals surface area contributed by atoms with E-state index in [9.17, 15) is 4.79 Å². The third kappa shape index (κ3) is 2.81. The molecule has 4 nitrogen and oxygen atoms in total. The topological polar surface area (TPSA) is 57.8 Å². The van der Waals surface area contributed by atoms with E-state index in [0.29, 0.717) is 14.8 Å². The molecule has 0 aromatic carbocycles. The van der Waals surface area contributed by atoms with Crippen LogP contribution in [0.1, 0.15) is 39.0 Å². The second-order valence-electron chi connectivity index (χ2n) is 4.81. The number of aromatic nitrogens is 2. The van der Waals surface area contributed by atoms with Crippen molar-refractivity contribution in [3.63, 3.8) is 0 Å². The Morgan fingerprint density at radius 2 is 2.24 bits per heavy atom. The maximum Gasteiger partial charge on any atom is 0.266 e. The first-order valence-electron chi connectivity index (χ1n) is 6.14. The van der Waals surface area contributed by atoms with Crippen molar-refractivity contribution < 1.29 is 0 Å². The first-order valence-corrected chi connectivity index (χ1v) is 7.22. The molecule has 1 aromatic rings. The maximum absolute atomic E-state index is 11.4. The summed E-state index contributed by atoms with van der Waals surface area (Å²) in [5.41, 5.74) is 0.341. The van der Waals surface area contributed by atoms with E-state index in [1.54, 1.807) is 0 Å². The number of hydrogen-bond donors (Lipinski definition) is 2. The minimum absolute atomic E-state index is 0.0694. The van der Waals surface area contributed by atoms with Crippen LogP contribution in [0.5, 0.6) is 0 Å². The average molecular weight is 347 g/mol. The summed E-state index contributed by atoms with van der Waals surface area (Å²) in [6.45, 7) is 3.18. The first-order chi connectivity index (χ1) is 8.17. The van der Waals surface area contributed by atoms with E-state index in [2.05, 4.69) is 22.2 Å². The summed E-state index contributed by atoms with van der Waals surface area (Å²) in [7, 11) is 0. The molecule has 0 atom stereocenters. The second-order valence-corrected chi connectivity index (χ2v) is 5.89. The van der Waals surface area contributed by atoms with Crippen LogP contribution < -0.4 is 10.9 Å². The number of anilines is 1. The van der Waals surface area contributed by atoms with Gasteiger partial charge in [-0.05, 0) is 47.3 Å². The number of hydrogen-bond acceptors (Lipinski definition) is 3.